The number of carbonyl (C=O) groups is 1. The first-order valence-electron chi connectivity index (χ1n) is 7.46. The maximum absolute atomic E-state index is 10.8. The van der Waals surface area contributed by atoms with Crippen LogP contribution in [0.3, 0.4) is 0 Å². The lowest BCUT2D eigenvalue weighted by Gasteiger charge is -2.10. The molecule has 0 bridgehead atoms. The molecule has 0 spiro atoms. The van der Waals surface area contributed by atoms with E-state index in [0.717, 1.165) is 16.7 Å². The molecule has 0 aliphatic heterocycles. The summed E-state index contributed by atoms with van der Waals surface area (Å²) < 4.78 is 11.2. The molecule has 0 saturated carbocycles. The molecule has 0 aliphatic rings. The first-order valence-corrected chi connectivity index (χ1v) is 7.46. The molecule has 0 unspecified atom stereocenters. The van der Waals surface area contributed by atoms with E-state index in [1.807, 2.05) is 31.2 Å². The minimum Gasteiger partial charge on any atom is -0.490 e. The van der Waals surface area contributed by atoms with Crippen molar-refractivity contribution in [3.8, 4) is 11.6 Å². The van der Waals surface area contributed by atoms with Gasteiger partial charge in [-0.15, -0.1) is 0 Å². The summed E-state index contributed by atoms with van der Waals surface area (Å²) in [7, 11) is 0. The van der Waals surface area contributed by atoms with Crippen molar-refractivity contribution in [2.75, 3.05) is 13.2 Å². The summed E-state index contributed by atoms with van der Waals surface area (Å²) in [6.45, 7) is 2.48. The third-order valence-corrected chi connectivity index (χ3v) is 3.39. The van der Waals surface area contributed by atoms with Gasteiger partial charge in [-0.05, 0) is 43.3 Å². The molecule has 0 atom stereocenters. The number of rotatable bonds is 6. The van der Waals surface area contributed by atoms with Gasteiger partial charge in [0.05, 0.1) is 16.6 Å². The van der Waals surface area contributed by atoms with Crippen molar-refractivity contribution in [3.63, 3.8) is 0 Å². The standard InChI is InChI=1S/C18H16N2O4/c1-12-17(20-16-5-3-2-4-15(16)19-12)24-11-10-23-14-8-6-13(7-9-14)18(21)22/h2-9H,10-11H2,1H3,(H,21,22). The van der Waals surface area contributed by atoms with Gasteiger partial charge in [-0.2, -0.15) is 0 Å². The average molecular weight is 324 g/mol. The monoisotopic (exact) mass is 324 g/mol. The molecule has 6 nitrogen and oxygen atoms in total. The highest BCUT2D eigenvalue weighted by atomic mass is 16.5. The van der Waals surface area contributed by atoms with Crippen LogP contribution in [0.4, 0.5) is 0 Å². The maximum Gasteiger partial charge on any atom is 0.335 e. The number of carboxylic acids is 1. The van der Waals surface area contributed by atoms with E-state index >= 15 is 0 Å². The quantitative estimate of drug-likeness (QED) is 0.702. The van der Waals surface area contributed by atoms with Crippen molar-refractivity contribution in [3.05, 3.63) is 59.8 Å². The Hall–Kier alpha value is -3.15. The van der Waals surface area contributed by atoms with Crippen LogP contribution in [0.2, 0.25) is 0 Å². The molecule has 0 saturated heterocycles. The van der Waals surface area contributed by atoms with Gasteiger partial charge < -0.3 is 14.6 Å². The fourth-order valence-corrected chi connectivity index (χ4v) is 2.20. The van der Waals surface area contributed by atoms with Crippen LogP contribution in [-0.4, -0.2) is 34.3 Å². The SMILES string of the molecule is Cc1nc2ccccc2nc1OCCOc1ccc(C(=O)O)cc1. The molecule has 1 N–H and O–H groups in total. The maximum atomic E-state index is 10.8. The zero-order valence-electron chi connectivity index (χ0n) is 13.1. The van der Waals surface area contributed by atoms with E-state index in [1.54, 1.807) is 12.1 Å². The number of hydrogen-bond donors (Lipinski definition) is 1. The van der Waals surface area contributed by atoms with Crippen molar-refractivity contribution >= 4 is 17.0 Å². The normalized spacial score (nSPS) is 10.5. The van der Waals surface area contributed by atoms with E-state index < -0.39 is 5.97 Å². The molecule has 24 heavy (non-hydrogen) atoms. The number of aromatic carboxylic acids is 1. The molecule has 3 rings (SSSR count). The molecule has 122 valence electrons. The smallest absolute Gasteiger partial charge is 0.335 e. The highest BCUT2D eigenvalue weighted by molar-refractivity contribution is 5.87. The second kappa shape index (κ2) is 6.95. The van der Waals surface area contributed by atoms with Gasteiger partial charge in [0.25, 0.3) is 0 Å². The van der Waals surface area contributed by atoms with E-state index in [1.165, 1.54) is 12.1 Å². The number of para-hydroxylation sites is 2. The molecule has 3 aromatic rings. The Morgan fingerprint density at radius 3 is 2.25 bits per heavy atom. The number of aromatic nitrogens is 2. The number of carboxylic acid groups (broad SMARTS) is 1. The Bertz CT molecular complexity index is 863. The molecular formula is C18H16N2O4. The van der Waals surface area contributed by atoms with Gasteiger partial charge in [0.2, 0.25) is 5.88 Å². The highest BCUT2D eigenvalue weighted by Gasteiger charge is 2.06. The molecule has 0 fully saturated rings. The molecule has 6 heteroatoms. The Morgan fingerprint density at radius 2 is 1.58 bits per heavy atom. The van der Waals surface area contributed by atoms with Gasteiger partial charge in [-0.3, -0.25) is 0 Å². The molecular weight excluding hydrogens is 308 g/mol. The van der Waals surface area contributed by atoms with Crippen LogP contribution in [0.15, 0.2) is 48.5 Å². The van der Waals surface area contributed by atoms with Gasteiger partial charge in [-0.1, -0.05) is 12.1 Å². The van der Waals surface area contributed by atoms with E-state index in [0.29, 0.717) is 24.8 Å². The summed E-state index contributed by atoms with van der Waals surface area (Å²) >= 11 is 0. The number of hydrogen-bond acceptors (Lipinski definition) is 5. The number of nitrogens with zero attached hydrogens (tertiary/aromatic N) is 2. The minimum atomic E-state index is -0.963. The Labute approximate surface area is 138 Å². The van der Waals surface area contributed by atoms with E-state index in [2.05, 4.69) is 9.97 Å². The van der Waals surface area contributed by atoms with Crippen molar-refractivity contribution in [2.45, 2.75) is 6.92 Å². The van der Waals surface area contributed by atoms with Crippen molar-refractivity contribution in [1.82, 2.24) is 9.97 Å². The fourth-order valence-electron chi connectivity index (χ4n) is 2.20. The zero-order valence-corrected chi connectivity index (χ0v) is 13.1. The number of ether oxygens (including phenoxy) is 2. The largest absolute Gasteiger partial charge is 0.490 e. The zero-order chi connectivity index (χ0) is 16.9. The third-order valence-electron chi connectivity index (χ3n) is 3.39. The van der Waals surface area contributed by atoms with Crippen LogP contribution in [0.1, 0.15) is 16.1 Å². The van der Waals surface area contributed by atoms with Crippen molar-refractivity contribution in [1.29, 1.82) is 0 Å². The van der Waals surface area contributed by atoms with Crippen LogP contribution in [0.25, 0.3) is 11.0 Å². The Kier molecular flexibility index (Phi) is 4.56. The van der Waals surface area contributed by atoms with Gasteiger partial charge in [0.15, 0.2) is 0 Å². The first-order chi connectivity index (χ1) is 11.6. The third kappa shape index (κ3) is 3.60. The highest BCUT2D eigenvalue weighted by Crippen LogP contribution is 2.18. The molecule has 1 heterocycles. The molecule has 1 aromatic heterocycles. The summed E-state index contributed by atoms with van der Waals surface area (Å²) in [5, 5.41) is 8.84. The molecule has 0 radical (unpaired) electrons. The number of fused-ring (bicyclic) bond motifs is 1. The summed E-state index contributed by atoms with van der Waals surface area (Å²) in [5.41, 5.74) is 2.56. The lowest BCUT2D eigenvalue weighted by Crippen LogP contribution is -2.11. The summed E-state index contributed by atoms with van der Waals surface area (Å²) in [6, 6.07) is 13.8. The summed E-state index contributed by atoms with van der Waals surface area (Å²) in [4.78, 5) is 19.7. The lowest BCUT2D eigenvalue weighted by atomic mass is 10.2. The second-order valence-electron chi connectivity index (χ2n) is 5.13. The average Bonchev–Trinajstić information content (AvgIpc) is 2.59. The summed E-state index contributed by atoms with van der Waals surface area (Å²) in [6.07, 6.45) is 0. The molecule has 0 aliphatic carbocycles. The summed E-state index contributed by atoms with van der Waals surface area (Å²) in [5.74, 6) is 0.110. The first kappa shape index (κ1) is 15.7. The van der Waals surface area contributed by atoms with Crippen molar-refractivity contribution < 1.29 is 19.4 Å². The van der Waals surface area contributed by atoms with Crippen LogP contribution in [-0.2, 0) is 0 Å². The van der Waals surface area contributed by atoms with Gasteiger partial charge >= 0.3 is 5.97 Å². The fraction of sp³-hybridized carbons (Fsp3) is 0.167. The topological polar surface area (TPSA) is 81.5 Å². The van der Waals surface area contributed by atoms with Gasteiger partial charge in [0.1, 0.15) is 24.7 Å². The molecule has 2 aromatic carbocycles. The minimum absolute atomic E-state index is 0.223. The van der Waals surface area contributed by atoms with Crippen LogP contribution < -0.4 is 9.47 Å². The van der Waals surface area contributed by atoms with Crippen LogP contribution in [0.5, 0.6) is 11.6 Å². The van der Waals surface area contributed by atoms with Crippen LogP contribution in [0, 0.1) is 6.92 Å². The number of aryl methyl sites for hydroxylation is 1. The molecule has 0 amide bonds. The van der Waals surface area contributed by atoms with E-state index in [9.17, 15) is 4.79 Å². The predicted octanol–water partition coefficient (Wildman–Crippen LogP) is 3.09. The van der Waals surface area contributed by atoms with Crippen molar-refractivity contribution in [2.24, 2.45) is 0 Å². The second-order valence-corrected chi connectivity index (χ2v) is 5.13. The Balaban J connectivity index is 1.56. The predicted molar refractivity (Wildman–Crippen MR) is 88.7 cm³/mol. The lowest BCUT2D eigenvalue weighted by molar-refractivity contribution is 0.0697. The Morgan fingerprint density at radius 1 is 0.958 bits per heavy atom. The van der Waals surface area contributed by atoms with E-state index in [-0.39, 0.29) is 5.56 Å². The van der Waals surface area contributed by atoms with Gasteiger partial charge in [-0.25, -0.2) is 14.8 Å². The van der Waals surface area contributed by atoms with E-state index in [4.69, 9.17) is 14.6 Å². The van der Waals surface area contributed by atoms with Gasteiger partial charge in [0, 0.05) is 0 Å². The van der Waals surface area contributed by atoms with Crippen LogP contribution >= 0.6 is 0 Å². The number of benzene rings is 2.